The van der Waals surface area contributed by atoms with Crippen LogP contribution in [0.3, 0.4) is 0 Å². The van der Waals surface area contributed by atoms with Crippen molar-refractivity contribution in [3.63, 3.8) is 0 Å². The van der Waals surface area contributed by atoms with Crippen LogP contribution in [-0.2, 0) is 11.3 Å². The summed E-state index contributed by atoms with van der Waals surface area (Å²) in [4.78, 5) is 25.3. The first-order valence-electron chi connectivity index (χ1n) is 10.2. The third-order valence-corrected chi connectivity index (χ3v) is 5.40. The zero-order valence-corrected chi connectivity index (χ0v) is 17.0. The van der Waals surface area contributed by atoms with Crippen LogP contribution in [0.1, 0.15) is 38.2 Å². The van der Waals surface area contributed by atoms with E-state index in [0.29, 0.717) is 18.9 Å². The largest absolute Gasteiger partial charge is 0.370 e. The molecule has 0 aliphatic carbocycles. The topological polar surface area (TPSA) is 61.4 Å². The highest BCUT2D eigenvalue weighted by Crippen LogP contribution is 2.26. The lowest BCUT2D eigenvalue weighted by atomic mass is 9.92. The van der Waals surface area contributed by atoms with Gasteiger partial charge in [0, 0.05) is 45.7 Å². The van der Waals surface area contributed by atoms with Gasteiger partial charge < -0.3 is 15.1 Å². The fourth-order valence-corrected chi connectivity index (χ4v) is 3.71. The fraction of sp³-hybridized carbons (Fsp3) is 0.500. The third-order valence-electron chi connectivity index (χ3n) is 5.40. The Balaban J connectivity index is 1.41. The van der Waals surface area contributed by atoms with E-state index in [9.17, 15) is 4.79 Å². The van der Waals surface area contributed by atoms with Crippen LogP contribution >= 0.6 is 0 Å². The molecular weight excluding hydrogens is 350 g/mol. The molecule has 1 N–H and O–H groups in total. The summed E-state index contributed by atoms with van der Waals surface area (Å²) in [5.74, 6) is 2.71. The van der Waals surface area contributed by atoms with Gasteiger partial charge in [0.1, 0.15) is 18.0 Å². The van der Waals surface area contributed by atoms with Gasteiger partial charge in [-0.25, -0.2) is 9.97 Å². The number of hydrogen-bond donors (Lipinski definition) is 1. The standard InChI is InChI=1S/C22H31N5O/c1-3-23-20-15-21(25-17-24-20)27-13-11-18(12-14-27)9-10-22(28)26(2)16-19-7-5-4-6-8-19/h4-8,15,17-18H,3,9-14,16H2,1-2H3,(H,23,24,25). The summed E-state index contributed by atoms with van der Waals surface area (Å²) < 4.78 is 0. The highest BCUT2D eigenvalue weighted by Gasteiger charge is 2.22. The molecule has 1 aliphatic rings. The van der Waals surface area contributed by atoms with E-state index in [0.717, 1.165) is 50.5 Å². The van der Waals surface area contributed by atoms with Crippen molar-refractivity contribution in [3.05, 3.63) is 48.3 Å². The Hall–Kier alpha value is -2.63. The molecule has 0 radical (unpaired) electrons. The van der Waals surface area contributed by atoms with Gasteiger partial charge >= 0.3 is 0 Å². The molecule has 0 spiro atoms. The summed E-state index contributed by atoms with van der Waals surface area (Å²) in [5, 5.41) is 3.24. The molecular formula is C22H31N5O. The van der Waals surface area contributed by atoms with E-state index in [-0.39, 0.29) is 5.91 Å². The predicted molar refractivity (Wildman–Crippen MR) is 113 cm³/mol. The number of nitrogens with one attached hydrogen (secondary N) is 1. The second-order valence-corrected chi connectivity index (χ2v) is 7.50. The molecule has 2 aromatic rings. The number of carbonyl (C=O) groups excluding carboxylic acids is 1. The van der Waals surface area contributed by atoms with Crippen LogP contribution in [0.5, 0.6) is 0 Å². The van der Waals surface area contributed by atoms with E-state index in [1.807, 2.05) is 36.2 Å². The van der Waals surface area contributed by atoms with Gasteiger partial charge in [-0.1, -0.05) is 30.3 Å². The summed E-state index contributed by atoms with van der Waals surface area (Å²) in [6.45, 7) is 5.57. The van der Waals surface area contributed by atoms with E-state index in [1.54, 1.807) is 6.33 Å². The molecule has 2 heterocycles. The van der Waals surface area contributed by atoms with Crippen molar-refractivity contribution in [2.75, 3.05) is 36.9 Å². The van der Waals surface area contributed by atoms with E-state index in [4.69, 9.17) is 0 Å². The molecule has 0 bridgehead atoms. The minimum absolute atomic E-state index is 0.234. The van der Waals surface area contributed by atoms with Crippen LogP contribution in [0.15, 0.2) is 42.7 Å². The maximum atomic E-state index is 12.5. The highest BCUT2D eigenvalue weighted by molar-refractivity contribution is 5.75. The number of hydrogen-bond acceptors (Lipinski definition) is 5. The Morgan fingerprint density at radius 2 is 1.96 bits per heavy atom. The van der Waals surface area contributed by atoms with Gasteiger partial charge in [0.25, 0.3) is 0 Å². The molecule has 0 saturated carbocycles. The fourth-order valence-electron chi connectivity index (χ4n) is 3.71. The minimum atomic E-state index is 0.234. The van der Waals surface area contributed by atoms with Gasteiger partial charge in [-0.3, -0.25) is 4.79 Å². The number of benzene rings is 1. The van der Waals surface area contributed by atoms with Crippen LogP contribution in [0.4, 0.5) is 11.6 Å². The van der Waals surface area contributed by atoms with Gasteiger partial charge in [0.15, 0.2) is 0 Å². The van der Waals surface area contributed by atoms with Crippen LogP contribution < -0.4 is 10.2 Å². The maximum Gasteiger partial charge on any atom is 0.222 e. The van der Waals surface area contributed by atoms with E-state index < -0.39 is 0 Å². The van der Waals surface area contributed by atoms with Crippen molar-refractivity contribution in [2.24, 2.45) is 5.92 Å². The molecule has 28 heavy (non-hydrogen) atoms. The number of amides is 1. The Morgan fingerprint density at radius 3 is 2.68 bits per heavy atom. The van der Waals surface area contributed by atoms with Crippen LogP contribution in [0.2, 0.25) is 0 Å². The predicted octanol–water partition coefficient (Wildman–Crippen LogP) is 3.56. The smallest absolute Gasteiger partial charge is 0.222 e. The summed E-state index contributed by atoms with van der Waals surface area (Å²) in [6.07, 6.45) is 5.44. The van der Waals surface area contributed by atoms with Gasteiger partial charge in [0.05, 0.1) is 0 Å². The zero-order chi connectivity index (χ0) is 19.8. The van der Waals surface area contributed by atoms with Crippen molar-refractivity contribution in [3.8, 4) is 0 Å². The van der Waals surface area contributed by atoms with Gasteiger partial charge in [-0.05, 0) is 37.7 Å². The second-order valence-electron chi connectivity index (χ2n) is 7.50. The highest BCUT2D eigenvalue weighted by atomic mass is 16.2. The number of piperidine rings is 1. The van der Waals surface area contributed by atoms with Gasteiger partial charge in [-0.2, -0.15) is 0 Å². The molecule has 1 aromatic heterocycles. The summed E-state index contributed by atoms with van der Waals surface area (Å²) in [7, 11) is 1.90. The Labute approximate surface area is 168 Å². The van der Waals surface area contributed by atoms with Crippen LogP contribution in [0.25, 0.3) is 0 Å². The average molecular weight is 382 g/mol. The van der Waals surface area contributed by atoms with E-state index in [2.05, 4.69) is 39.2 Å². The zero-order valence-electron chi connectivity index (χ0n) is 17.0. The molecule has 1 amide bonds. The Bertz CT molecular complexity index is 744. The molecule has 6 heteroatoms. The van der Waals surface area contributed by atoms with Gasteiger partial charge in [0.2, 0.25) is 5.91 Å². The lowest BCUT2D eigenvalue weighted by Crippen LogP contribution is -2.35. The Kier molecular flexibility index (Phi) is 7.23. The van der Waals surface area contributed by atoms with Crippen molar-refractivity contribution in [2.45, 2.75) is 39.2 Å². The molecule has 0 unspecified atom stereocenters. The number of carbonyl (C=O) groups is 1. The molecule has 1 fully saturated rings. The third kappa shape index (κ3) is 5.68. The van der Waals surface area contributed by atoms with Crippen molar-refractivity contribution in [1.82, 2.24) is 14.9 Å². The summed E-state index contributed by atoms with van der Waals surface area (Å²) in [5.41, 5.74) is 1.17. The molecule has 1 aliphatic heterocycles. The first kappa shape index (κ1) is 20.1. The molecule has 150 valence electrons. The van der Waals surface area contributed by atoms with Crippen molar-refractivity contribution < 1.29 is 4.79 Å². The van der Waals surface area contributed by atoms with Crippen LogP contribution in [0, 0.1) is 5.92 Å². The summed E-state index contributed by atoms with van der Waals surface area (Å²) in [6, 6.07) is 12.2. The van der Waals surface area contributed by atoms with E-state index >= 15 is 0 Å². The first-order valence-corrected chi connectivity index (χ1v) is 10.2. The Morgan fingerprint density at radius 1 is 1.21 bits per heavy atom. The van der Waals surface area contributed by atoms with E-state index in [1.165, 1.54) is 5.56 Å². The second kappa shape index (κ2) is 10.1. The summed E-state index contributed by atoms with van der Waals surface area (Å²) >= 11 is 0. The number of anilines is 2. The quantitative estimate of drug-likeness (QED) is 0.757. The van der Waals surface area contributed by atoms with Gasteiger partial charge in [-0.15, -0.1) is 0 Å². The first-order chi connectivity index (χ1) is 13.7. The average Bonchev–Trinajstić information content (AvgIpc) is 2.73. The maximum absolute atomic E-state index is 12.5. The van der Waals surface area contributed by atoms with Crippen molar-refractivity contribution >= 4 is 17.5 Å². The normalized spacial score (nSPS) is 14.7. The molecule has 0 atom stereocenters. The molecule has 1 saturated heterocycles. The molecule has 1 aromatic carbocycles. The number of rotatable bonds is 8. The number of aromatic nitrogens is 2. The molecule has 6 nitrogen and oxygen atoms in total. The van der Waals surface area contributed by atoms with Crippen LogP contribution in [-0.4, -0.2) is 47.5 Å². The lowest BCUT2D eigenvalue weighted by molar-refractivity contribution is -0.130. The number of nitrogens with zero attached hydrogens (tertiary/aromatic N) is 4. The SMILES string of the molecule is CCNc1cc(N2CCC(CCC(=O)N(C)Cc3ccccc3)CC2)ncn1. The lowest BCUT2D eigenvalue weighted by Gasteiger charge is -2.33. The monoisotopic (exact) mass is 381 g/mol. The minimum Gasteiger partial charge on any atom is -0.370 e. The molecule has 3 rings (SSSR count). The van der Waals surface area contributed by atoms with Crippen molar-refractivity contribution in [1.29, 1.82) is 0 Å².